The Balaban J connectivity index is 1.45. The van der Waals surface area contributed by atoms with Crippen LogP contribution in [0.5, 0.6) is 0 Å². The minimum atomic E-state index is -0.669. The second-order valence-corrected chi connectivity index (χ2v) is 6.02. The van der Waals surface area contributed by atoms with E-state index in [1.54, 1.807) is 0 Å². The van der Waals surface area contributed by atoms with Gasteiger partial charge in [0.05, 0.1) is 6.10 Å². The lowest BCUT2D eigenvalue weighted by atomic mass is 9.75. The summed E-state index contributed by atoms with van der Waals surface area (Å²) in [5.41, 5.74) is 0.773. The van der Waals surface area contributed by atoms with E-state index < -0.39 is 5.60 Å². The lowest BCUT2D eigenvalue weighted by Gasteiger charge is -2.38. The Labute approximate surface area is 115 Å². The highest BCUT2D eigenvalue weighted by molar-refractivity contribution is 5.22. The van der Waals surface area contributed by atoms with E-state index in [4.69, 9.17) is 4.74 Å². The minimum Gasteiger partial charge on any atom is -0.386 e. The summed E-state index contributed by atoms with van der Waals surface area (Å²) in [6, 6.07) is 11.2. The third-order valence-corrected chi connectivity index (χ3v) is 4.77. The van der Waals surface area contributed by atoms with Crippen molar-refractivity contribution in [1.82, 2.24) is 5.32 Å². The average molecular weight is 261 g/mol. The van der Waals surface area contributed by atoms with Gasteiger partial charge in [-0.1, -0.05) is 30.3 Å². The molecule has 1 saturated heterocycles. The molecule has 1 aliphatic carbocycles. The van der Waals surface area contributed by atoms with Crippen LogP contribution in [0.3, 0.4) is 0 Å². The second-order valence-electron chi connectivity index (χ2n) is 6.02. The van der Waals surface area contributed by atoms with Gasteiger partial charge in [0.15, 0.2) is 0 Å². The van der Waals surface area contributed by atoms with E-state index in [0.29, 0.717) is 25.1 Å². The summed E-state index contributed by atoms with van der Waals surface area (Å²) in [4.78, 5) is 0. The van der Waals surface area contributed by atoms with Gasteiger partial charge in [0.1, 0.15) is 5.60 Å². The van der Waals surface area contributed by atoms with Crippen LogP contribution in [-0.2, 0) is 4.74 Å². The predicted molar refractivity (Wildman–Crippen MR) is 75.2 cm³/mol. The van der Waals surface area contributed by atoms with Gasteiger partial charge in [-0.05, 0) is 31.2 Å². The lowest BCUT2D eigenvalue weighted by molar-refractivity contribution is -0.0295. The van der Waals surface area contributed by atoms with E-state index in [1.807, 2.05) is 6.92 Å². The maximum absolute atomic E-state index is 10.4. The highest BCUT2D eigenvalue weighted by atomic mass is 16.5. The van der Waals surface area contributed by atoms with Gasteiger partial charge in [0, 0.05) is 25.6 Å². The number of hydrogen-bond acceptors (Lipinski definition) is 3. The van der Waals surface area contributed by atoms with Crippen molar-refractivity contribution in [3.63, 3.8) is 0 Å². The topological polar surface area (TPSA) is 41.5 Å². The van der Waals surface area contributed by atoms with Crippen LogP contribution >= 0.6 is 0 Å². The van der Waals surface area contributed by atoms with Crippen LogP contribution in [0.15, 0.2) is 30.3 Å². The first-order valence-electron chi connectivity index (χ1n) is 7.30. The largest absolute Gasteiger partial charge is 0.386 e. The monoisotopic (exact) mass is 261 g/mol. The first-order chi connectivity index (χ1) is 9.17. The molecule has 104 valence electrons. The van der Waals surface area contributed by atoms with Gasteiger partial charge in [-0.15, -0.1) is 0 Å². The summed E-state index contributed by atoms with van der Waals surface area (Å²) < 4.78 is 5.45. The summed E-state index contributed by atoms with van der Waals surface area (Å²) in [5, 5.41) is 13.9. The number of aliphatic hydroxyl groups is 1. The van der Waals surface area contributed by atoms with E-state index in [0.717, 1.165) is 6.42 Å². The summed E-state index contributed by atoms with van der Waals surface area (Å²) in [5.74, 6) is 0.686. The van der Waals surface area contributed by atoms with Gasteiger partial charge in [-0.2, -0.15) is 0 Å². The molecule has 2 N–H and O–H groups in total. The zero-order valence-electron chi connectivity index (χ0n) is 11.5. The zero-order chi connectivity index (χ0) is 13.3. The number of rotatable bonds is 4. The van der Waals surface area contributed by atoms with E-state index in [2.05, 4.69) is 35.6 Å². The van der Waals surface area contributed by atoms with Crippen molar-refractivity contribution >= 4 is 0 Å². The normalized spacial score (nSPS) is 38.1. The Morgan fingerprint density at radius 1 is 1.32 bits per heavy atom. The van der Waals surface area contributed by atoms with E-state index in [1.165, 1.54) is 18.4 Å². The Morgan fingerprint density at radius 2 is 2.05 bits per heavy atom. The van der Waals surface area contributed by atoms with Gasteiger partial charge in [0.2, 0.25) is 0 Å². The summed E-state index contributed by atoms with van der Waals surface area (Å²) in [6.45, 7) is 3.29. The molecule has 3 heteroatoms. The molecular formula is C16H23NO2. The summed E-state index contributed by atoms with van der Waals surface area (Å²) >= 11 is 0. The maximum Gasteiger partial charge on any atom is 0.105 e. The molecule has 3 nitrogen and oxygen atoms in total. The number of benzene rings is 1. The molecule has 0 bridgehead atoms. The van der Waals surface area contributed by atoms with Crippen molar-refractivity contribution in [3.8, 4) is 0 Å². The van der Waals surface area contributed by atoms with E-state index in [-0.39, 0.29) is 6.10 Å². The molecule has 0 amide bonds. The SMILES string of the molecule is CC1OCCC1(O)CNC1CC(c2ccccc2)C1. The van der Waals surface area contributed by atoms with Crippen LogP contribution in [0.1, 0.15) is 37.7 Å². The van der Waals surface area contributed by atoms with Gasteiger partial charge in [-0.3, -0.25) is 0 Å². The van der Waals surface area contributed by atoms with Gasteiger partial charge in [-0.25, -0.2) is 0 Å². The smallest absolute Gasteiger partial charge is 0.105 e. The third kappa shape index (κ3) is 2.69. The molecular weight excluding hydrogens is 238 g/mol. The van der Waals surface area contributed by atoms with Gasteiger partial charge >= 0.3 is 0 Å². The Kier molecular flexibility index (Phi) is 3.61. The first kappa shape index (κ1) is 13.1. The molecule has 1 saturated carbocycles. The standard InChI is InChI=1S/C16H23NO2/c1-12-16(18,7-8-19-12)11-17-15-9-14(10-15)13-5-3-2-4-6-13/h2-6,12,14-15,17-18H,7-11H2,1H3. The van der Waals surface area contributed by atoms with E-state index >= 15 is 0 Å². The third-order valence-electron chi connectivity index (χ3n) is 4.77. The Bertz CT molecular complexity index is 416. The second kappa shape index (κ2) is 5.23. The van der Waals surface area contributed by atoms with Crippen LogP contribution in [0.2, 0.25) is 0 Å². The molecule has 2 unspecified atom stereocenters. The summed E-state index contributed by atoms with van der Waals surface area (Å²) in [6.07, 6.45) is 3.05. The molecule has 1 heterocycles. The number of hydrogen-bond donors (Lipinski definition) is 2. The fourth-order valence-electron chi connectivity index (χ4n) is 3.11. The molecule has 0 radical (unpaired) electrons. The molecule has 1 aromatic rings. The first-order valence-corrected chi connectivity index (χ1v) is 7.30. The minimum absolute atomic E-state index is 0.0509. The van der Waals surface area contributed by atoms with E-state index in [9.17, 15) is 5.11 Å². The molecule has 2 atom stereocenters. The quantitative estimate of drug-likeness (QED) is 0.871. The lowest BCUT2D eigenvalue weighted by Crippen LogP contribution is -2.51. The fourth-order valence-corrected chi connectivity index (χ4v) is 3.11. The molecule has 2 aliphatic rings. The van der Waals surface area contributed by atoms with Crippen molar-refractivity contribution in [3.05, 3.63) is 35.9 Å². The Morgan fingerprint density at radius 3 is 2.68 bits per heavy atom. The predicted octanol–water partition coefficient (Wildman–Crippen LogP) is 2.06. The Hall–Kier alpha value is -0.900. The van der Waals surface area contributed by atoms with Crippen LogP contribution in [0, 0.1) is 0 Å². The molecule has 3 rings (SSSR count). The molecule has 0 spiro atoms. The van der Waals surface area contributed by atoms with Crippen LogP contribution in [-0.4, -0.2) is 36.0 Å². The van der Waals surface area contributed by atoms with Gasteiger partial charge < -0.3 is 15.2 Å². The van der Waals surface area contributed by atoms with Crippen molar-refractivity contribution in [2.75, 3.05) is 13.2 Å². The highest BCUT2D eigenvalue weighted by Crippen LogP contribution is 2.37. The average Bonchev–Trinajstić information content (AvgIpc) is 2.69. The molecule has 0 aromatic heterocycles. The van der Waals surface area contributed by atoms with Crippen LogP contribution in [0.4, 0.5) is 0 Å². The fraction of sp³-hybridized carbons (Fsp3) is 0.625. The summed E-state index contributed by atoms with van der Waals surface area (Å²) in [7, 11) is 0. The molecule has 19 heavy (non-hydrogen) atoms. The van der Waals surface area contributed by atoms with Crippen molar-refractivity contribution in [1.29, 1.82) is 0 Å². The van der Waals surface area contributed by atoms with Crippen LogP contribution < -0.4 is 5.32 Å². The van der Waals surface area contributed by atoms with Crippen molar-refractivity contribution < 1.29 is 9.84 Å². The molecule has 2 fully saturated rings. The highest BCUT2D eigenvalue weighted by Gasteiger charge is 2.40. The number of nitrogens with one attached hydrogen (secondary N) is 1. The zero-order valence-corrected chi connectivity index (χ0v) is 11.5. The van der Waals surface area contributed by atoms with Crippen molar-refractivity contribution in [2.24, 2.45) is 0 Å². The van der Waals surface area contributed by atoms with Crippen molar-refractivity contribution in [2.45, 2.75) is 49.9 Å². The number of ether oxygens (including phenoxy) is 1. The van der Waals surface area contributed by atoms with Gasteiger partial charge in [0.25, 0.3) is 0 Å². The molecule has 1 aliphatic heterocycles. The van der Waals surface area contributed by atoms with Crippen LogP contribution in [0.25, 0.3) is 0 Å². The molecule has 1 aromatic carbocycles. The maximum atomic E-state index is 10.4.